The number of carbonyl (C=O) groups is 2. The van der Waals surface area contributed by atoms with E-state index in [1.165, 1.54) is 0 Å². The molecule has 0 aromatic carbocycles. The number of ether oxygens (including phenoxy) is 1. The zero-order valence-corrected chi connectivity index (χ0v) is 26.1. The lowest BCUT2D eigenvalue weighted by molar-refractivity contribution is -0.185. The quantitative estimate of drug-likeness (QED) is 0.215. The van der Waals surface area contributed by atoms with Gasteiger partial charge in [-0.2, -0.15) is 0 Å². The van der Waals surface area contributed by atoms with E-state index >= 15 is 0 Å². The van der Waals surface area contributed by atoms with Crippen LogP contribution in [0.3, 0.4) is 0 Å². The molecule has 0 saturated heterocycles. The number of methoxy groups -OCH3 is 1. The highest BCUT2D eigenvalue weighted by molar-refractivity contribution is 6.03. The highest BCUT2D eigenvalue weighted by Gasteiger charge is 2.69. The minimum Gasteiger partial charge on any atom is -0.469 e. The highest BCUT2D eigenvalue weighted by Crippen LogP contribution is 2.75. The van der Waals surface area contributed by atoms with Gasteiger partial charge in [0.2, 0.25) is 0 Å². The van der Waals surface area contributed by atoms with Gasteiger partial charge < -0.3 is 9.30 Å². The third-order valence-corrected chi connectivity index (χ3v) is 13.6. The summed E-state index contributed by atoms with van der Waals surface area (Å²) in [6.45, 7) is 16.8. The van der Waals surface area contributed by atoms with Crippen molar-refractivity contribution in [2.75, 3.05) is 7.11 Å². The fourth-order valence-electron chi connectivity index (χ4n) is 11.3. The molecule has 0 bridgehead atoms. The lowest BCUT2D eigenvalue weighted by Gasteiger charge is -2.70. The van der Waals surface area contributed by atoms with Crippen molar-refractivity contribution in [2.24, 2.45) is 50.2 Å². The average Bonchev–Trinajstić information content (AvgIpc) is 3.40. The molecule has 0 spiro atoms. The Balaban J connectivity index is 1.45. The Hall–Kier alpha value is -2.17. The summed E-state index contributed by atoms with van der Waals surface area (Å²) in [7, 11) is 1.58. The lowest BCUT2D eigenvalue weighted by Crippen LogP contribution is -2.65. The Morgan fingerprint density at radius 1 is 1.02 bits per heavy atom. The number of aromatic nitrogens is 2. The summed E-state index contributed by atoms with van der Waals surface area (Å²) < 4.78 is 7.46. The summed E-state index contributed by atoms with van der Waals surface area (Å²) in [4.78, 5) is 31.6. The summed E-state index contributed by atoms with van der Waals surface area (Å²) in [5, 5.41) is 0. The molecule has 1 aromatic heterocycles. The first-order chi connectivity index (χ1) is 18.6. The molecule has 0 unspecified atom stereocenters. The normalized spacial score (nSPS) is 44.5. The van der Waals surface area contributed by atoms with E-state index in [4.69, 9.17) is 4.74 Å². The Labute approximate surface area is 241 Å². The van der Waals surface area contributed by atoms with Crippen molar-refractivity contribution < 1.29 is 14.3 Å². The Kier molecular flexibility index (Phi) is 6.07. The average molecular weight is 547 g/mol. The maximum Gasteiger partial charge on any atom is 0.312 e. The number of imidazole rings is 1. The van der Waals surface area contributed by atoms with Crippen molar-refractivity contribution in [3.05, 3.63) is 35.9 Å². The van der Waals surface area contributed by atoms with Gasteiger partial charge in [0, 0.05) is 29.6 Å². The highest BCUT2D eigenvalue weighted by atomic mass is 16.5. The molecule has 0 N–H and O–H groups in total. The van der Waals surface area contributed by atoms with Gasteiger partial charge in [-0.1, -0.05) is 60.1 Å². The number of esters is 1. The molecule has 0 aliphatic heterocycles. The third-order valence-electron chi connectivity index (χ3n) is 13.6. The fraction of sp³-hybridized carbons (Fsp3) is 0.743. The second-order valence-electron chi connectivity index (χ2n) is 16.3. The first-order valence-corrected chi connectivity index (χ1v) is 15.7. The summed E-state index contributed by atoms with van der Waals surface area (Å²) >= 11 is 0. The van der Waals surface area contributed by atoms with Gasteiger partial charge in [0.25, 0.3) is 0 Å². The molecule has 6 rings (SSSR count). The molecule has 5 aliphatic carbocycles. The zero-order chi connectivity index (χ0) is 28.9. The van der Waals surface area contributed by atoms with Crippen molar-refractivity contribution in [3.8, 4) is 0 Å². The molecule has 0 radical (unpaired) electrons. The number of nitrogens with zero attached hydrogens (tertiary/aromatic N) is 2. The predicted molar refractivity (Wildman–Crippen MR) is 158 cm³/mol. The van der Waals surface area contributed by atoms with Gasteiger partial charge in [-0.3, -0.25) is 9.59 Å². The Bertz CT molecular complexity index is 1290. The number of ketones is 1. The van der Waals surface area contributed by atoms with Gasteiger partial charge in [-0.05, 0) is 97.2 Å². The van der Waals surface area contributed by atoms with Crippen molar-refractivity contribution >= 4 is 18.0 Å². The first-order valence-electron chi connectivity index (χ1n) is 15.7. The topological polar surface area (TPSA) is 61.2 Å². The van der Waals surface area contributed by atoms with Gasteiger partial charge >= 0.3 is 5.97 Å². The van der Waals surface area contributed by atoms with Crippen LogP contribution in [0.2, 0.25) is 0 Å². The van der Waals surface area contributed by atoms with E-state index < -0.39 is 5.41 Å². The van der Waals surface area contributed by atoms with E-state index in [-0.39, 0.29) is 39.0 Å². The van der Waals surface area contributed by atoms with Crippen LogP contribution in [0.1, 0.15) is 106 Å². The SMILES string of the molecule is COC(=O)[C@]12CCC(C)(C)C[C@H]1C1=CC[C@@H]3[C@@]4(C)C/C(=C\n5ccnc5)C(=O)C(C)(C)[C@@H]4CC[C@@]3(C)[C@]1(C)CC2. The second-order valence-corrected chi connectivity index (χ2v) is 16.3. The molecule has 5 nitrogen and oxygen atoms in total. The van der Waals surface area contributed by atoms with Gasteiger partial charge in [-0.25, -0.2) is 4.98 Å². The maximum absolute atomic E-state index is 13.9. The Morgan fingerprint density at radius 3 is 2.42 bits per heavy atom. The van der Waals surface area contributed by atoms with E-state index in [0.717, 1.165) is 63.4 Å². The van der Waals surface area contributed by atoms with E-state index in [0.29, 0.717) is 17.6 Å². The summed E-state index contributed by atoms with van der Waals surface area (Å²) in [6.07, 6.45) is 19.2. The first kappa shape index (κ1) is 28.0. The summed E-state index contributed by atoms with van der Waals surface area (Å²) in [5.41, 5.74) is 2.12. The lowest BCUT2D eigenvalue weighted by atomic mass is 9.33. The molecule has 1 heterocycles. The Morgan fingerprint density at radius 2 is 1.75 bits per heavy atom. The number of carbonyl (C=O) groups excluding carboxylic acids is 2. The van der Waals surface area contributed by atoms with Gasteiger partial charge in [-0.15, -0.1) is 0 Å². The number of allylic oxidation sites excluding steroid dienone is 3. The van der Waals surface area contributed by atoms with Crippen molar-refractivity contribution in [1.29, 1.82) is 0 Å². The number of Topliss-reactive ketones (excluding diaryl/α,β-unsaturated/α-hetero) is 1. The molecule has 5 aliphatic rings. The van der Waals surface area contributed by atoms with E-state index in [9.17, 15) is 9.59 Å². The second kappa shape index (κ2) is 8.67. The monoisotopic (exact) mass is 546 g/mol. The molecule has 0 amide bonds. The molecule has 218 valence electrons. The summed E-state index contributed by atoms with van der Waals surface area (Å²) in [5.74, 6) is 1.41. The van der Waals surface area contributed by atoms with E-state index in [1.54, 1.807) is 25.2 Å². The minimum absolute atomic E-state index is 0.0146. The largest absolute Gasteiger partial charge is 0.469 e. The van der Waals surface area contributed by atoms with Gasteiger partial charge in [0.15, 0.2) is 5.78 Å². The third kappa shape index (κ3) is 3.54. The molecular formula is C35H50N2O3. The molecule has 1 aromatic rings. The standard InChI is InChI=1S/C35H50N2O3/c1-30(2)13-15-35(29(39)40-8)16-14-33(6)24(25(35)20-30)9-10-27-32(5)19-23(21-37-18-17-36-22-37)28(38)31(3,4)26(32)11-12-34(27,33)7/h9,17-18,21-22,25-27H,10-16,19-20H2,1-8H3/b23-21+/t25-,26-,27+,32-,33+,34+,35-/m0/s1. The predicted octanol–water partition coefficient (Wildman–Crippen LogP) is 7.88. The molecular weight excluding hydrogens is 496 g/mol. The minimum atomic E-state index is -0.397. The smallest absolute Gasteiger partial charge is 0.312 e. The number of fused-ring (bicyclic) bond motifs is 7. The van der Waals surface area contributed by atoms with Crippen LogP contribution >= 0.6 is 0 Å². The van der Waals surface area contributed by atoms with Crippen LogP contribution in [0.4, 0.5) is 0 Å². The number of hydrogen-bond acceptors (Lipinski definition) is 4. The van der Waals surface area contributed by atoms with Crippen molar-refractivity contribution in [1.82, 2.24) is 9.55 Å². The molecule has 4 saturated carbocycles. The van der Waals surface area contributed by atoms with Crippen molar-refractivity contribution in [3.63, 3.8) is 0 Å². The van der Waals surface area contributed by atoms with Crippen molar-refractivity contribution in [2.45, 2.75) is 106 Å². The van der Waals surface area contributed by atoms with Gasteiger partial charge in [0.05, 0.1) is 18.9 Å². The van der Waals surface area contributed by atoms with E-state index in [1.807, 2.05) is 17.0 Å². The number of rotatable bonds is 2. The van der Waals surface area contributed by atoms with Gasteiger partial charge in [0.1, 0.15) is 0 Å². The van der Waals surface area contributed by atoms with Crippen LogP contribution in [0, 0.1) is 50.2 Å². The molecule has 4 fully saturated rings. The number of hydrogen-bond donors (Lipinski definition) is 0. The molecule has 7 atom stereocenters. The fourth-order valence-corrected chi connectivity index (χ4v) is 11.3. The molecule has 40 heavy (non-hydrogen) atoms. The van der Waals surface area contributed by atoms with Crippen LogP contribution in [-0.4, -0.2) is 28.4 Å². The van der Waals surface area contributed by atoms with Crippen LogP contribution in [0.5, 0.6) is 0 Å². The molecule has 5 heteroatoms. The zero-order valence-electron chi connectivity index (χ0n) is 26.1. The van der Waals surface area contributed by atoms with Crippen LogP contribution in [0.25, 0.3) is 6.20 Å². The van der Waals surface area contributed by atoms with Crippen LogP contribution < -0.4 is 0 Å². The summed E-state index contributed by atoms with van der Waals surface area (Å²) in [6, 6.07) is 0. The van der Waals surface area contributed by atoms with Crippen LogP contribution in [0.15, 0.2) is 35.9 Å². The van der Waals surface area contributed by atoms with Crippen LogP contribution in [-0.2, 0) is 14.3 Å². The maximum atomic E-state index is 13.9. The van der Waals surface area contributed by atoms with E-state index in [2.05, 4.69) is 59.5 Å².